The number of amides is 1. The van der Waals surface area contributed by atoms with Crippen molar-refractivity contribution in [3.8, 4) is 0 Å². The minimum Gasteiger partial charge on any atom is -0.342 e. The van der Waals surface area contributed by atoms with Crippen LogP contribution in [0.3, 0.4) is 0 Å². The van der Waals surface area contributed by atoms with Crippen LogP contribution in [0.2, 0.25) is 0 Å². The molecule has 0 spiro atoms. The second-order valence-corrected chi connectivity index (χ2v) is 6.45. The molecular formula is C15H28N2O. The first-order chi connectivity index (χ1) is 8.59. The van der Waals surface area contributed by atoms with Crippen LogP contribution in [0.4, 0.5) is 0 Å². The monoisotopic (exact) mass is 252 g/mol. The molecule has 3 unspecified atom stereocenters. The van der Waals surface area contributed by atoms with Gasteiger partial charge < -0.3 is 10.2 Å². The SMILES string of the molecule is CCCC1(C(=O)N2CCC(C)C(C)C2)CCNC1. The van der Waals surface area contributed by atoms with Crippen molar-refractivity contribution in [1.82, 2.24) is 10.2 Å². The van der Waals surface area contributed by atoms with E-state index in [2.05, 4.69) is 31.0 Å². The van der Waals surface area contributed by atoms with Crippen LogP contribution in [-0.4, -0.2) is 37.0 Å². The number of rotatable bonds is 3. The molecule has 0 saturated carbocycles. The first-order valence-corrected chi connectivity index (χ1v) is 7.59. The molecule has 0 bridgehead atoms. The number of nitrogens with zero attached hydrogens (tertiary/aromatic N) is 1. The topological polar surface area (TPSA) is 32.3 Å². The number of piperidine rings is 1. The summed E-state index contributed by atoms with van der Waals surface area (Å²) in [7, 11) is 0. The summed E-state index contributed by atoms with van der Waals surface area (Å²) in [6, 6.07) is 0. The zero-order valence-electron chi connectivity index (χ0n) is 12.2. The van der Waals surface area contributed by atoms with E-state index >= 15 is 0 Å². The molecule has 2 heterocycles. The molecule has 1 N–H and O–H groups in total. The highest BCUT2D eigenvalue weighted by molar-refractivity contribution is 5.83. The van der Waals surface area contributed by atoms with Crippen molar-refractivity contribution in [2.24, 2.45) is 17.3 Å². The van der Waals surface area contributed by atoms with Crippen LogP contribution < -0.4 is 5.32 Å². The number of nitrogens with one attached hydrogen (secondary N) is 1. The molecule has 2 rings (SSSR count). The molecule has 3 heteroatoms. The van der Waals surface area contributed by atoms with Crippen LogP contribution in [-0.2, 0) is 4.79 Å². The normalized spacial score (nSPS) is 36.9. The van der Waals surface area contributed by atoms with Gasteiger partial charge in [-0.05, 0) is 37.6 Å². The van der Waals surface area contributed by atoms with Crippen molar-refractivity contribution in [3.63, 3.8) is 0 Å². The van der Waals surface area contributed by atoms with Crippen molar-refractivity contribution in [3.05, 3.63) is 0 Å². The maximum absolute atomic E-state index is 12.9. The summed E-state index contributed by atoms with van der Waals surface area (Å²) >= 11 is 0. The quantitative estimate of drug-likeness (QED) is 0.835. The van der Waals surface area contributed by atoms with Gasteiger partial charge in [-0.3, -0.25) is 4.79 Å². The van der Waals surface area contributed by atoms with E-state index in [0.29, 0.717) is 11.8 Å². The fourth-order valence-corrected chi connectivity index (χ4v) is 3.51. The van der Waals surface area contributed by atoms with Crippen LogP contribution in [0.5, 0.6) is 0 Å². The Bertz CT molecular complexity index is 297. The smallest absolute Gasteiger partial charge is 0.230 e. The highest BCUT2D eigenvalue weighted by atomic mass is 16.2. The molecule has 2 fully saturated rings. The molecule has 2 aliphatic heterocycles. The molecule has 0 aliphatic carbocycles. The molecule has 3 atom stereocenters. The van der Waals surface area contributed by atoms with Gasteiger partial charge in [-0.25, -0.2) is 0 Å². The summed E-state index contributed by atoms with van der Waals surface area (Å²) in [6.45, 7) is 10.6. The Hall–Kier alpha value is -0.570. The minimum absolute atomic E-state index is 0.0882. The van der Waals surface area contributed by atoms with Gasteiger partial charge in [-0.15, -0.1) is 0 Å². The largest absolute Gasteiger partial charge is 0.342 e. The first kappa shape index (κ1) is 13.9. The molecule has 0 aromatic rings. The summed E-state index contributed by atoms with van der Waals surface area (Å²) in [4.78, 5) is 15.0. The van der Waals surface area contributed by atoms with E-state index in [-0.39, 0.29) is 5.41 Å². The van der Waals surface area contributed by atoms with Gasteiger partial charge in [0.1, 0.15) is 0 Å². The standard InChI is InChI=1S/C15H28N2O/c1-4-6-15(7-8-16-11-15)14(18)17-9-5-12(2)13(3)10-17/h12-13,16H,4-11H2,1-3H3. The molecule has 0 aromatic heterocycles. The van der Waals surface area contributed by atoms with E-state index in [4.69, 9.17) is 0 Å². The van der Waals surface area contributed by atoms with E-state index in [1.54, 1.807) is 0 Å². The van der Waals surface area contributed by atoms with E-state index < -0.39 is 0 Å². The van der Waals surface area contributed by atoms with Crippen LogP contribution in [0.1, 0.15) is 46.5 Å². The Morgan fingerprint density at radius 2 is 2.17 bits per heavy atom. The summed E-state index contributed by atoms with van der Waals surface area (Å²) in [5.74, 6) is 1.83. The highest BCUT2D eigenvalue weighted by Gasteiger charge is 2.43. The fraction of sp³-hybridized carbons (Fsp3) is 0.933. The third-order valence-electron chi connectivity index (χ3n) is 5.05. The molecule has 2 aliphatic rings. The highest BCUT2D eigenvalue weighted by Crippen LogP contribution is 2.35. The predicted octanol–water partition coefficient (Wildman–Crippen LogP) is 2.27. The molecule has 0 aromatic carbocycles. The number of carbonyl (C=O) groups is 1. The van der Waals surface area contributed by atoms with Gasteiger partial charge in [-0.1, -0.05) is 27.2 Å². The summed E-state index contributed by atoms with van der Waals surface area (Å²) in [5.41, 5.74) is -0.0882. The zero-order valence-corrected chi connectivity index (χ0v) is 12.2. The Morgan fingerprint density at radius 1 is 1.39 bits per heavy atom. The van der Waals surface area contributed by atoms with Gasteiger partial charge in [0.25, 0.3) is 0 Å². The lowest BCUT2D eigenvalue weighted by molar-refractivity contribution is -0.144. The minimum atomic E-state index is -0.0882. The van der Waals surface area contributed by atoms with E-state index in [1.165, 1.54) is 6.42 Å². The van der Waals surface area contributed by atoms with Crippen LogP contribution in [0.25, 0.3) is 0 Å². The van der Waals surface area contributed by atoms with Crippen LogP contribution >= 0.6 is 0 Å². The van der Waals surface area contributed by atoms with Crippen molar-refractivity contribution in [2.75, 3.05) is 26.2 Å². The number of hydrogen-bond donors (Lipinski definition) is 1. The third-order valence-corrected chi connectivity index (χ3v) is 5.05. The lowest BCUT2D eigenvalue weighted by atomic mass is 9.79. The first-order valence-electron chi connectivity index (χ1n) is 7.59. The van der Waals surface area contributed by atoms with Gasteiger partial charge in [0.05, 0.1) is 5.41 Å². The van der Waals surface area contributed by atoms with E-state index in [1.807, 2.05) is 0 Å². The van der Waals surface area contributed by atoms with E-state index in [9.17, 15) is 4.79 Å². The lowest BCUT2D eigenvalue weighted by Gasteiger charge is -2.40. The third kappa shape index (κ3) is 2.56. The Labute approximate surface area is 111 Å². The lowest BCUT2D eigenvalue weighted by Crippen LogP contribution is -2.50. The van der Waals surface area contributed by atoms with E-state index in [0.717, 1.165) is 51.4 Å². The van der Waals surface area contributed by atoms with Gasteiger partial charge >= 0.3 is 0 Å². The summed E-state index contributed by atoms with van der Waals surface area (Å²) in [5, 5.41) is 3.39. The molecule has 0 radical (unpaired) electrons. The van der Waals surface area contributed by atoms with Gasteiger partial charge in [0.2, 0.25) is 5.91 Å². The van der Waals surface area contributed by atoms with Crippen molar-refractivity contribution >= 4 is 5.91 Å². The molecular weight excluding hydrogens is 224 g/mol. The average molecular weight is 252 g/mol. The number of carbonyl (C=O) groups excluding carboxylic acids is 1. The van der Waals surface area contributed by atoms with Crippen molar-refractivity contribution in [1.29, 1.82) is 0 Å². The molecule has 104 valence electrons. The molecule has 3 nitrogen and oxygen atoms in total. The Kier molecular flexibility index (Phi) is 4.31. The maximum Gasteiger partial charge on any atom is 0.230 e. The summed E-state index contributed by atoms with van der Waals surface area (Å²) < 4.78 is 0. The van der Waals surface area contributed by atoms with Crippen LogP contribution in [0, 0.1) is 17.3 Å². The van der Waals surface area contributed by atoms with Gasteiger partial charge in [0, 0.05) is 19.6 Å². The predicted molar refractivity (Wildman–Crippen MR) is 74.4 cm³/mol. The molecule has 1 amide bonds. The Morgan fingerprint density at radius 3 is 2.72 bits per heavy atom. The number of likely N-dealkylation sites (tertiary alicyclic amines) is 1. The second kappa shape index (κ2) is 5.60. The van der Waals surface area contributed by atoms with Crippen molar-refractivity contribution in [2.45, 2.75) is 46.5 Å². The maximum atomic E-state index is 12.9. The number of hydrogen-bond acceptors (Lipinski definition) is 2. The fourth-order valence-electron chi connectivity index (χ4n) is 3.51. The molecule has 18 heavy (non-hydrogen) atoms. The average Bonchev–Trinajstić information content (AvgIpc) is 2.82. The zero-order chi connectivity index (χ0) is 13.2. The molecule has 2 saturated heterocycles. The summed E-state index contributed by atoms with van der Waals surface area (Å²) in [6.07, 6.45) is 4.34. The van der Waals surface area contributed by atoms with Crippen molar-refractivity contribution < 1.29 is 4.79 Å². The second-order valence-electron chi connectivity index (χ2n) is 6.45. The van der Waals surface area contributed by atoms with Gasteiger partial charge in [0.15, 0.2) is 0 Å². The Balaban J connectivity index is 2.05. The van der Waals surface area contributed by atoms with Gasteiger partial charge in [-0.2, -0.15) is 0 Å². The van der Waals surface area contributed by atoms with Crippen LogP contribution in [0.15, 0.2) is 0 Å².